The van der Waals surface area contributed by atoms with Crippen molar-refractivity contribution in [2.45, 2.75) is 56.3 Å². The minimum Gasteiger partial charge on any atom is -0.508 e. The molecule has 6 atom stereocenters. The maximum absolute atomic E-state index is 14.6. The number of carbonyl (C=O) groups is 6. The van der Waals surface area contributed by atoms with Crippen molar-refractivity contribution in [1.29, 1.82) is 0 Å². The van der Waals surface area contributed by atoms with Gasteiger partial charge < -0.3 is 76.6 Å². The van der Waals surface area contributed by atoms with Crippen molar-refractivity contribution >= 4 is 59.0 Å². The minimum atomic E-state index is -2.00. The van der Waals surface area contributed by atoms with E-state index in [9.17, 15) is 59.4 Å². The number of aromatic hydroxyl groups is 4. The van der Waals surface area contributed by atoms with Gasteiger partial charge in [-0.15, -0.1) is 0 Å². The van der Waals surface area contributed by atoms with Crippen LogP contribution < -0.4 is 36.5 Å². The zero-order chi connectivity index (χ0) is 54.0. The second kappa shape index (κ2) is 21.8. The number of aliphatic hydroxyl groups excluding tert-OH is 1. The van der Waals surface area contributed by atoms with E-state index < -0.39 is 95.1 Å². The first-order valence-electron chi connectivity index (χ1n) is 22.5. The number of aliphatic hydroxyl groups is 1. The zero-order valence-corrected chi connectivity index (χ0v) is 40.8. The summed E-state index contributed by atoms with van der Waals surface area (Å²) in [4.78, 5) is 81.7. The number of carbonyl (C=O) groups excluding carboxylic acids is 5. The molecular weight excluding hydrogens is 1020 g/mol. The summed E-state index contributed by atoms with van der Waals surface area (Å²) in [5.74, 6) is -9.31. The van der Waals surface area contributed by atoms with Gasteiger partial charge in [0.2, 0.25) is 23.5 Å². The summed E-state index contributed by atoms with van der Waals surface area (Å²) in [7, 11) is 1.000. The van der Waals surface area contributed by atoms with E-state index in [0.717, 1.165) is 19.2 Å². The van der Waals surface area contributed by atoms with Crippen LogP contribution in [0.2, 0.25) is 10.0 Å². The average Bonchev–Trinajstić information content (AvgIpc) is 3.38. The number of methoxy groups -OCH3 is 1. The van der Waals surface area contributed by atoms with Crippen LogP contribution in [0.15, 0.2) is 103 Å². The summed E-state index contributed by atoms with van der Waals surface area (Å²) in [6.07, 6.45) is -3.20. The van der Waals surface area contributed by atoms with E-state index in [-0.39, 0.29) is 85.0 Å². The molecule has 0 fully saturated rings. The van der Waals surface area contributed by atoms with E-state index in [1.807, 2.05) is 0 Å². The van der Waals surface area contributed by atoms with Crippen molar-refractivity contribution in [2.24, 2.45) is 5.73 Å². The highest BCUT2D eigenvalue weighted by atomic mass is 35.5. The summed E-state index contributed by atoms with van der Waals surface area (Å²) < 4.78 is 22.3. The van der Waals surface area contributed by atoms with Gasteiger partial charge in [-0.25, -0.2) is 14.4 Å². The molecule has 23 heteroatoms. The minimum absolute atomic E-state index is 0.0956. The Labute approximate surface area is 435 Å². The Bertz CT molecular complexity index is 3290. The lowest BCUT2D eigenvalue weighted by molar-refractivity contribution is -0.146. The lowest BCUT2D eigenvalue weighted by Gasteiger charge is -2.30. The van der Waals surface area contributed by atoms with Crippen LogP contribution in [0.25, 0.3) is 11.1 Å². The molecule has 0 radical (unpaired) electrons. The summed E-state index contributed by atoms with van der Waals surface area (Å²) in [5.41, 5.74) is 6.42. The van der Waals surface area contributed by atoms with Crippen molar-refractivity contribution in [1.82, 2.24) is 21.3 Å². The van der Waals surface area contributed by atoms with E-state index in [4.69, 9.17) is 47.9 Å². The third-order valence-corrected chi connectivity index (χ3v) is 12.9. The number of nitrogens with two attached hydrogens (primary N) is 1. The van der Waals surface area contributed by atoms with Crippen LogP contribution in [-0.2, 0) is 46.5 Å². The number of aliphatic carboxylic acids is 1. The van der Waals surface area contributed by atoms with Crippen molar-refractivity contribution < 1.29 is 78.4 Å². The van der Waals surface area contributed by atoms with Gasteiger partial charge >= 0.3 is 18.0 Å². The SMILES string of the molecule is COC(=O)C1NC(=O)C2NC(=O)C(NC(=O)C(N)c3cc(Oc4ccc(CC(NC(=O)OCc5ccccc5)C(=O)O)cc4Cl)c(O)c(c3)Oc3ccc(cc3Cl)C2O)c2ccc(O)c(c2)-c2c1cc(O)c(C)c2O. The van der Waals surface area contributed by atoms with Crippen molar-refractivity contribution in [2.75, 3.05) is 7.11 Å². The molecule has 0 saturated heterocycles. The molecule has 3 aliphatic heterocycles. The number of halogens is 2. The number of phenolic OH excluding ortho intramolecular Hbond substituents is 4. The first kappa shape index (κ1) is 52.6. The summed E-state index contributed by atoms with van der Waals surface area (Å²) in [6, 6.07) is 14.7. The predicted octanol–water partition coefficient (Wildman–Crippen LogP) is 6.03. The van der Waals surface area contributed by atoms with Crippen molar-refractivity contribution in [3.8, 4) is 57.1 Å². The van der Waals surface area contributed by atoms with Gasteiger partial charge in [0, 0.05) is 28.7 Å². The molecule has 388 valence electrons. The lowest BCUT2D eigenvalue weighted by Crippen LogP contribution is -2.54. The molecule has 3 heterocycles. The third kappa shape index (κ3) is 11.1. The van der Waals surface area contributed by atoms with Crippen LogP contribution in [-0.4, -0.2) is 85.6 Å². The standard InChI is InChI=1S/C52H45Cl2N5O16/c1-22-34(61)20-29-39(44(22)62)28-16-25(9-11-33(28)60)41-48(66)59-43(49(67)58-42(29)51(70)72-2)45(63)26-10-13-36(31(54)17-26)75-38-19-27(40(55)47(65)57-41)18-37(46(38)64)74-35-12-8-24(14-30(35)53)15-32(50(68)69)56-52(71)73-21-23-6-4-3-5-7-23/h3-14,16-20,32,40-43,45,60-64H,15,21,55H2,1-2H3,(H,56,71)(H,57,65)(H,58,67)(H,59,66)(H,68,69). The number of carboxylic acids is 1. The molecule has 75 heavy (non-hydrogen) atoms. The van der Waals surface area contributed by atoms with E-state index in [0.29, 0.717) is 11.1 Å². The van der Waals surface area contributed by atoms with Gasteiger partial charge in [-0.1, -0.05) is 71.7 Å². The Morgan fingerprint density at radius 2 is 1.48 bits per heavy atom. The number of amides is 4. The number of carboxylic acid groups (broad SMARTS) is 1. The van der Waals surface area contributed by atoms with Crippen molar-refractivity contribution in [3.63, 3.8) is 0 Å². The molecule has 3 aliphatic rings. The van der Waals surface area contributed by atoms with Crippen LogP contribution in [0.1, 0.15) is 63.2 Å². The monoisotopic (exact) mass is 1070 g/mol. The van der Waals surface area contributed by atoms with Gasteiger partial charge in [0.25, 0.3) is 0 Å². The molecule has 21 nitrogen and oxygen atoms in total. The van der Waals surface area contributed by atoms with Crippen LogP contribution in [0.3, 0.4) is 0 Å². The topological polar surface area (TPSA) is 335 Å². The lowest BCUT2D eigenvalue weighted by atomic mass is 9.88. The largest absolute Gasteiger partial charge is 0.508 e. The number of hydrogen-bond donors (Lipinski definition) is 11. The molecule has 0 saturated carbocycles. The van der Waals surface area contributed by atoms with Gasteiger partial charge in [-0.05, 0) is 89.3 Å². The Morgan fingerprint density at radius 1 is 0.747 bits per heavy atom. The zero-order valence-electron chi connectivity index (χ0n) is 39.3. The van der Waals surface area contributed by atoms with E-state index >= 15 is 0 Å². The highest BCUT2D eigenvalue weighted by Crippen LogP contribution is 2.48. The Kier molecular flexibility index (Phi) is 15.2. The Balaban J connectivity index is 1.18. The number of benzene rings is 6. The van der Waals surface area contributed by atoms with Crippen LogP contribution in [0.4, 0.5) is 4.79 Å². The van der Waals surface area contributed by atoms with Crippen molar-refractivity contribution in [3.05, 3.63) is 152 Å². The fraction of sp³-hybridized carbons (Fsp3) is 0.192. The van der Waals surface area contributed by atoms with Crippen LogP contribution >= 0.6 is 23.2 Å². The van der Waals surface area contributed by atoms with E-state index in [1.54, 1.807) is 30.3 Å². The highest BCUT2D eigenvalue weighted by Gasteiger charge is 2.40. The molecule has 6 aromatic rings. The molecule has 9 rings (SSSR count). The number of phenols is 4. The fourth-order valence-corrected chi connectivity index (χ4v) is 8.76. The molecule has 0 aromatic heterocycles. The Morgan fingerprint density at radius 3 is 2.17 bits per heavy atom. The third-order valence-electron chi connectivity index (χ3n) is 12.3. The van der Waals surface area contributed by atoms with Gasteiger partial charge in [0.05, 0.1) is 17.2 Å². The maximum Gasteiger partial charge on any atom is 0.408 e. The number of nitrogens with one attached hydrogen (secondary N) is 4. The average molecular weight is 1070 g/mol. The number of hydrogen-bond acceptors (Lipinski definition) is 16. The molecule has 4 amide bonds. The number of fused-ring (bicyclic) bond motifs is 8. The normalized spacial score (nSPS) is 18.6. The van der Waals surface area contributed by atoms with Gasteiger partial charge in [-0.2, -0.15) is 0 Å². The molecule has 0 spiro atoms. The Hall–Kier alpha value is -8.76. The molecule has 6 aromatic carbocycles. The number of esters is 1. The maximum atomic E-state index is 14.6. The predicted molar refractivity (Wildman–Crippen MR) is 265 cm³/mol. The summed E-state index contributed by atoms with van der Waals surface area (Å²) in [5, 5.41) is 76.7. The van der Waals surface area contributed by atoms with Gasteiger partial charge in [0.1, 0.15) is 65.6 Å². The summed E-state index contributed by atoms with van der Waals surface area (Å²) >= 11 is 13.4. The smallest absolute Gasteiger partial charge is 0.408 e. The van der Waals surface area contributed by atoms with Crippen LogP contribution in [0, 0.1) is 6.92 Å². The molecule has 12 N–H and O–H groups in total. The number of rotatable bonds is 9. The van der Waals surface area contributed by atoms with E-state index in [2.05, 4.69) is 21.3 Å². The second-order valence-electron chi connectivity index (χ2n) is 17.3. The molecular formula is C52H45Cl2N5O16. The van der Waals surface area contributed by atoms with Gasteiger partial charge in [0.15, 0.2) is 17.5 Å². The molecule has 6 unspecified atom stereocenters. The van der Waals surface area contributed by atoms with Crippen LogP contribution in [0.5, 0.6) is 46.0 Å². The fourth-order valence-electron chi connectivity index (χ4n) is 8.29. The molecule has 8 bridgehead atoms. The second-order valence-corrected chi connectivity index (χ2v) is 18.1. The number of ether oxygens (including phenoxy) is 4. The highest BCUT2D eigenvalue weighted by molar-refractivity contribution is 6.32. The first-order chi connectivity index (χ1) is 35.7. The number of alkyl carbamates (subject to hydrolysis) is 1. The summed E-state index contributed by atoms with van der Waals surface area (Å²) in [6.45, 7) is 1.23. The first-order valence-corrected chi connectivity index (χ1v) is 23.3. The quantitative estimate of drug-likeness (QED) is 0.0736. The molecule has 0 aliphatic carbocycles. The van der Waals surface area contributed by atoms with Gasteiger partial charge in [-0.3, -0.25) is 14.4 Å². The van der Waals surface area contributed by atoms with E-state index in [1.165, 1.54) is 67.6 Å².